The summed E-state index contributed by atoms with van der Waals surface area (Å²) in [4.78, 5) is 14.9. The molecular formula is C12H15ClN2O2S. The normalized spacial score (nSPS) is 19.5. The van der Waals surface area contributed by atoms with Gasteiger partial charge in [0.1, 0.15) is 5.82 Å². The molecule has 1 aromatic heterocycles. The molecule has 0 aliphatic carbocycles. The van der Waals surface area contributed by atoms with E-state index in [-0.39, 0.29) is 10.7 Å². The van der Waals surface area contributed by atoms with E-state index < -0.39 is 5.97 Å². The van der Waals surface area contributed by atoms with Crippen molar-refractivity contribution in [3.63, 3.8) is 0 Å². The lowest BCUT2D eigenvalue weighted by atomic mass is 10.2. The maximum Gasteiger partial charge on any atom is 0.356 e. The van der Waals surface area contributed by atoms with Crippen LogP contribution in [0.25, 0.3) is 0 Å². The average Bonchev–Trinajstić information content (AvgIpc) is 2.38. The maximum absolute atomic E-state index is 10.9. The number of hydrogen-bond acceptors (Lipinski definition) is 4. The van der Waals surface area contributed by atoms with Gasteiger partial charge in [0, 0.05) is 11.8 Å². The highest BCUT2D eigenvalue weighted by Crippen LogP contribution is 2.25. The Morgan fingerprint density at radius 2 is 2.39 bits per heavy atom. The van der Waals surface area contributed by atoms with Crippen LogP contribution in [0, 0.1) is 0 Å². The van der Waals surface area contributed by atoms with E-state index in [0.717, 1.165) is 6.54 Å². The van der Waals surface area contributed by atoms with Crippen molar-refractivity contribution in [1.82, 2.24) is 4.98 Å². The number of rotatable bonds is 4. The van der Waals surface area contributed by atoms with Gasteiger partial charge in [-0.25, -0.2) is 9.78 Å². The number of carboxylic acids is 1. The molecule has 18 heavy (non-hydrogen) atoms. The summed E-state index contributed by atoms with van der Waals surface area (Å²) in [6, 6.07) is 3.27. The van der Waals surface area contributed by atoms with Crippen molar-refractivity contribution < 1.29 is 9.90 Å². The summed E-state index contributed by atoms with van der Waals surface area (Å²) in [7, 11) is 0. The Bertz CT molecular complexity index is 436. The number of aromatic nitrogens is 1. The topological polar surface area (TPSA) is 62.2 Å². The third kappa shape index (κ3) is 3.53. The van der Waals surface area contributed by atoms with Gasteiger partial charge in [0.05, 0.1) is 5.02 Å². The Balaban J connectivity index is 1.96. The minimum Gasteiger partial charge on any atom is -0.476 e. The first kappa shape index (κ1) is 13.5. The fourth-order valence-electron chi connectivity index (χ4n) is 1.88. The molecule has 1 atom stereocenters. The number of hydrogen-bond donors (Lipinski definition) is 2. The monoisotopic (exact) mass is 286 g/mol. The van der Waals surface area contributed by atoms with E-state index in [2.05, 4.69) is 10.3 Å². The van der Waals surface area contributed by atoms with Gasteiger partial charge in [0.2, 0.25) is 0 Å². The van der Waals surface area contributed by atoms with Crippen molar-refractivity contribution in [2.45, 2.75) is 24.5 Å². The fraction of sp³-hybridized carbons (Fsp3) is 0.500. The minimum atomic E-state index is -1.10. The van der Waals surface area contributed by atoms with Gasteiger partial charge in [0.15, 0.2) is 5.69 Å². The van der Waals surface area contributed by atoms with Crippen LogP contribution >= 0.6 is 23.4 Å². The van der Waals surface area contributed by atoms with Crippen LogP contribution in [0.15, 0.2) is 12.1 Å². The molecule has 1 unspecified atom stereocenters. The number of nitrogens with zero attached hydrogens (tertiary/aromatic N) is 1. The van der Waals surface area contributed by atoms with Crippen molar-refractivity contribution >= 4 is 35.1 Å². The summed E-state index contributed by atoms with van der Waals surface area (Å²) in [6.45, 7) is 0.818. The Kier molecular flexibility index (Phi) is 4.72. The standard InChI is InChI=1S/C12H15ClN2O2S/c13-9-4-5-10(15-11(9)12(16)17)14-7-8-3-1-2-6-18-8/h4-5,8H,1-3,6-7H2,(H,14,15)(H,16,17). The van der Waals surface area contributed by atoms with Crippen LogP contribution < -0.4 is 5.32 Å². The van der Waals surface area contributed by atoms with Crippen LogP contribution in [0.5, 0.6) is 0 Å². The zero-order valence-electron chi connectivity index (χ0n) is 9.86. The molecule has 98 valence electrons. The second-order valence-corrected chi connectivity index (χ2v) is 6.02. The fourth-order valence-corrected chi connectivity index (χ4v) is 3.30. The van der Waals surface area contributed by atoms with E-state index in [1.165, 1.54) is 25.0 Å². The van der Waals surface area contributed by atoms with Crippen LogP contribution in [0.2, 0.25) is 5.02 Å². The molecule has 1 aromatic rings. The van der Waals surface area contributed by atoms with Gasteiger partial charge < -0.3 is 10.4 Å². The highest BCUT2D eigenvalue weighted by molar-refractivity contribution is 7.99. The summed E-state index contributed by atoms with van der Waals surface area (Å²) in [5.41, 5.74) is -0.0991. The predicted octanol–water partition coefficient (Wildman–Crippen LogP) is 3.13. The second-order valence-electron chi connectivity index (χ2n) is 4.20. The lowest BCUT2D eigenvalue weighted by Gasteiger charge is -2.21. The highest BCUT2D eigenvalue weighted by atomic mass is 35.5. The SMILES string of the molecule is O=C(O)c1nc(NCC2CCCCS2)ccc1Cl. The molecule has 0 spiro atoms. The summed E-state index contributed by atoms with van der Waals surface area (Å²) >= 11 is 7.73. The molecule has 2 rings (SSSR count). The first-order valence-electron chi connectivity index (χ1n) is 5.92. The molecule has 1 fully saturated rings. The largest absolute Gasteiger partial charge is 0.476 e. The molecule has 6 heteroatoms. The minimum absolute atomic E-state index is 0.0991. The van der Waals surface area contributed by atoms with Crippen molar-refractivity contribution in [2.24, 2.45) is 0 Å². The van der Waals surface area contributed by atoms with Crippen molar-refractivity contribution in [3.8, 4) is 0 Å². The number of carbonyl (C=O) groups is 1. The van der Waals surface area contributed by atoms with E-state index in [1.807, 2.05) is 11.8 Å². The Labute approximate surface area is 115 Å². The van der Waals surface area contributed by atoms with E-state index in [9.17, 15) is 4.79 Å². The van der Waals surface area contributed by atoms with Crippen LogP contribution in [-0.4, -0.2) is 33.6 Å². The van der Waals surface area contributed by atoms with Gasteiger partial charge in [-0.15, -0.1) is 0 Å². The molecular weight excluding hydrogens is 272 g/mol. The second kappa shape index (κ2) is 6.29. The molecule has 1 aliphatic heterocycles. The highest BCUT2D eigenvalue weighted by Gasteiger charge is 2.15. The number of thioether (sulfide) groups is 1. The molecule has 4 nitrogen and oxygen atoms in total. The van der Waals surface area contributed by atoms with Gasteiger partial charge in [-0.2, -0.15) is 11.8 Å². The number of aromatic carboxylic acids is 1. The van der Waals surface area contributed by atoms with E-state index in [4.69, 9.17) is 16.7 Å². The van der Waals surface area contributed by atoms with Gasteiger partial charge in [0.25, 0.3) is 0 Å². The van der Waals surface area contributed by atoms with Gasteiger partial charge in [-0.05, 0) is 30.7 Å². The molecule has 2 heterocycles. The third-order valence-corrected chi connectivity index (χ3v) is 4.54. The lowest BCUT2D eigenvalue weighted by Crippen LogP contribution is -2.20. The summed E-state index contributed by atoms with van der Waals surface area (Å²) in [5.74, 6) is 0.680. The zero-order valence-corrected chi connectivity index (χ0v) is 11.4. The molecule has 2 N–H and O–H groups in total. The molecule has 0 amide bonds. The molecule has 0 saturated carbocycles. The van der Waals surface area contributed by atoms with Crippen molar-refractivity contribution in [3.05, 3.63) is 22.8 Å². The Morgan fingerprint density at radius 1 is 1.56 bits per heavy atom. The molecule has 0 bridgehead atoms. The quantitative estimate of drug-likeness (QED) is 0.890. The molecule has 0 aromatic carbocycles. The number of nitrogens with one attached hydrogen (secondary N) is 1. The van der Waals surface area contributed by atoms with E-state index >= 15 is 0 Å². The molecule has 1 saturated heterocycles. The summed E-state index contributed by atoms with van der Waals surface area (Å²) < 4.78 is 0. The van der Waals surface area contributed by atoms with Crippen LogP contribution in [0.3, 0.4) is 0 Å². The smallest absolute Gasteiger partial charge is 0.356 e. The zero-order chi connectivity index (χ0) is 13.0. The third-order valence-electron chi connectivity index (χ3n) is 2.83. The summed E-state index contributed by atoms with van der Waals surface area (Å²) in [6.07, 6.45) is 3.77. The van der Waals surface area contributed by atoms with Crippen molar-refractivity contribution in [1.29, 1.82) is 0 Å². The first-order chi connectivity index (χ1) is 8.66. The summed E-state index contributed by atoms with van der Waals surface area (Å²) in [5, 5.41) is 12.9. The van der Waals surface area contributed by atoms with Crippen molar-refractivity contribution in [2.75, 3.05) is 17.6 Å². The molecule has 0 radical (unpaired) electrons. The number of halogens is 1. The number of pyridine rings is 1. The molecule has 1 aliphatic rings. The maximum atomic E-state index is 10.9. The first-order valence-corrected chi connectivity index (χ1v) is 7.35. The van der Waals surface area contributed by atoms with Gasteiger partial charge in [-0.3, -0.25) is 0 Å². The Morgan fingerprint density at radius 3 is 3.06 bits per heavy atom. The van der Waals surface area contributed by atoms with Crippen LogP contribution in [0.1, 0.15) is 29.8 Å². The average molecular weight is 287 g/mol. The lowest BCUT2D eigenvalue weighted by molar-refractivity contribution is 0.0691. The number of carboxylic acid groups (broad SMARTS) is 1. The number of anilines is 1. The van der Waals surface area contributed by atoms with E-state index in [0.29, 0.717) is 11.1 Å². The van der Waals surface area contributed by atoms with Crippen LogP contribution in [0.4, 0.5) is 5.82 Å². The van der Waals surface area contributed by atoms with Gasteiger partial charge in [-0.1, -0.05) is 18.0 Å². The van der Waals surface area contributed by atoms with Crippen LogP contribution in [-0.2, 0) is 0 Å². The predicted molar refractivity (Wildman–Crippen MR) is 74.8 cm³/mol. The van der Waals surface area contributed by atoms with Gasteiger partial charge >= 0.3 is 5.97 Å². The van der Waals surface area contributed by atoms with E-state index in [1.54, 1.807) is 12.1 Å². The Hall–Kier alpha value is -0.940.